The average Bonchev–Trinajstić information content (AvgIpc) is 2.76. The van der Waals surface area contributed by atoms with Crippen molar-refractivity contribution < 1.29 is 9.53 Å². The molecule has 0 aliphatic heterocycles. The Morgan fingerprint density at radius 1 is 1.24 bits per heavy atom. The van der Waals surface area contributed by atoms with Gasteiger partial charge in [0, 0.05) is 12.6 Å². The summed E-state index contributed by atoms with van der Waals surface area (Å²) in [5.74, 6) is 0.825. The van der Waals surface area contributed by atoms with Crippen LogP contribution in [-0.4, -0.2) is 28.3 Å². The SMILES string of the molecule is CC[C@@H](C)n1c(SCC(=O)NCc2cccc(OC)c2)nc2ccccc2c1=O. The molecule has 6 nitrogen and oxygen atoms in total. The molecule has 1 amide bonds. The van der Waals surface area contributed by atoms with Crippen molar-refractivity contribution in [2.45, 2.75) is 38.0 Å². The van der Waals surface area contributed by atoms with Gasteiger partial charge >= 0.3 is 0 Å². The molecule has 7 heteroatoms. The maximum atomic E-state index is 13.0. The van der Waals surface area contributed by atoms with Gasteiger partial charge in [-0.25, -0.2) is 4.98 Å². The third kappa shape index (κ3) is 4.98. The number of carbonyl (C=O) groups excluding carboxylic acids is 1. The van der Waals surface area contributed by atoms with Gasteiger partial charge in [-0.3, -0.25) is 14.2 Å². The van der Waals surface area contributed by atoms with Crippen molar-refractivity contribution in [2.24, 2.45) is 0 Å². The van der Waals surface area contributed by atoms with Gasteiger partial charge in [-0.2, -0.15) is 0 Å². The first kappa shape index (κ1) is 20.9. The van der Waals surface area contributed by atoms with Crippen molar-refractivity contribution in [3.05, 3.63) is 64.4 Å². The molecule has 0 aliphatic carbocycles. The Labute approximate surface area is 174 Å². The van der Waals surface area contributed by atoms with Crippen LogP contribution in [0.5, 0.6) is 5.75 Å². The van der Waals surface area contributed by atoms with E-state index in [0.29, 0.717) is 22.6 Å². The number of thioether (sulfide) groups is 1. The van der Waals surface area contributed by atoms with Gasteiger partial charge in [0.2, 0.25) is 5.91 Å². The molecule has 3 aromatic rings. The summed E-state index contributed by atoms with van der Waals surface area (Å²) < 4.78 is 6.90. The Hall–Kier alpha value is -2.80. The summed E-state index contributed by atoms with van der Waals surface area (Å²) in [4.78, 5) is 30.0. The molecule has 2 aromatic carbocycles. The number of hydrogen-bond acceptors (Lipinski definition) is 5. The first-order chi connectivity index (χ1) is 14.0. The van der Waals surface area contributed by atoms with E-state index in [2.05, 4.69) is 10.3 Å². The van der Waals surface area contributed by atoms with Crippen LogP contribution in [0.25, 0.3) is 10.9 Å². The predicted octanol–water partition coefficient (Wildman–Crippen LogP) is 3.78. The molecule has 0 fully saturated rings. The smallest absolute Gasteiger partial charge is 0.262 e. The highest BCUT2D eigenvalue weighted by Gasteiger charge is 2.16. The molecule has 3 rings (SSSR count). The number of hydrogen-bond donors (Lipinski definition) is 1. The maximum absolute atomic E-state index is 13.0. The van der Waals surface area contributed by atoms with Crippen LogP contribution in [0.1, 0.15) is 31.9 Å². The number of para-hydroxylation sites is 1. The Morgan fingerprint density at radius 3 is 2.79 bits per heavy atom. The van der Waals surface area contributed by atoms with Gasteiger partial charge in [0.1, 0.15) is 5.75 Å². The van der Waals surface area contributed by atoms with Gasteiger partial charge in [-0.15, -0.1) is 0 Å². The summed E-state index contributed by atoms with van der Waals surface area (Å²) >= 11 is 1.29. The molecule has 0 saturated carbocycles. The van der Waals surface area contributed by atoms with E-state index >= 15 is 0 Å². The third-order valence-electron chi connectivity index (χ3n) is 4.76. The van der Waals surface area contributed by atoms with Crippen LogP contribution in [0.3, 0.4) is 0 Å². The second kappa shape index (κ2) is 9.60. The maximum Gasteiger partial charge on any atom is 0.262 e. The monoisotopic (exact) mass is 411 g/mol. The fourth-order valence-electron chi connectivity index (χ4n) is 2.96. The third-order valence-corrected chi connectivity index (χ3v) is 5.72. The van der Waals surface area contributed by atoms with Crippen molar-refractivity contribution in [2.75, 3.05) is 12.9 Å². The van der Waals surface area contributed by atoms with Crippen molar-refractivity contribution in [1.82, 2.24) is 14.9 Å². The van der Waals surface area contributed by atoms with Crippen molar-refractivity contribution >= 4 is 28.6 Å². The van der Waals surface area contributed by atoms with E-state index in [4.69, 9.17) is 4.74 Å². The highest BCUT2D eigenvalue weighted by atomic mass is 32.2. The summed E-state index contributed by atoms with van der Waals surface area (Å²) in [6.07, 6.45) is 0.801. The fraction of sp³-hybridized carbons (Fsp3) is 0.318. The van der Waals surface area contributed by atoms with Crippen LogP contribution in [-0.2, 0) is 11.3 Å². The number of methoxy groups -OCH3 is 1. The van der Waals surface area contributed by atoms with Crippen LogP contribution in [0.15, 0.2) is 58.5 Å². The molecule has 1 aromatic heterocycles. The van der Waals surface area contributed by atoms with Crippen LogP contribution < -0.4 is 15.6 Å². The molecule has 1 N–H and O–H groups in total. The molecule has 1 heterocycles. The zero-order valence-corrected chi connectivity index (χ0v) is 17.7. The summed E-state index contributed by atoms with van der Waals surface area (Å²) in [5.41, 5.74) is 1.55. The highest BCUT2D eigenvalue weighted by Crippen LogP contribution is 2.22. The van der Waals surface area contributed by atoms with Crippen LogP contribution in [0.4, 0.5) is 0 Å². The largest absolute Gasteiger partial charge is 0.497 e. The average molecular weight is 412 g/mol. The minimum Gasteiger partial charge on any atom is -0.497 e. The van der Waals surface area contributed by atoms with Crippen LogP contribution in [0.2, 0.25) is 0 Å². The standard InChI is InChI=1S/C22H25N3O3S/c1-4-15(2)25-21(27)18-10-5-6-11-19(18)24-22(25)29-14-20(26)23-13-16-8-7-9-17(12-16)28-3/h5-12,15H,4,13-14H2,1-3H3,(H,23,26)/t15-/m1/s1. The number of rotatable bonds is 8. The summed E-state index contributed by atoms with van der Waals surface area (Å²) in [6, 6.07) is 14.9. The van der Waals surface area contributed by atoms with Gasteiger partial charge in [-0.05, 0) is 43.2 Å². The lowest BCUT2D eigenvalue weighted by Crippen LogP contribution is -2.28. The molecule has 0 saturated heterocycles. The number of carbonyl (C=O) groups is 1. The van der Waals surface area contributed by atoms with E-state index in [1.54, 1.807) is 17.7 Å². The van der Waals surface area contributed by atoms with Crippen LogP contribution in [0, 0.1) is 0 Å². The number of ether oxygens (including phenoxy) is 1. The van der Waals surface area contributed by atoms with Gasteiger partial charge in [0.25, 0.3) is 5.56 Å². The Balaban J connectivity index is 1.73. The Morgan fingerprint density at radius 2 is 2.03 bits per heavy atom. The van der Waals surface area contributed by atoms with Crippen molar-refractivity contribution in [3.8, 4) is 5.75 Å². The van der Waals surface area contributed by atoms with E-state index in [9.17, 15) is 9.59 Å². The quantitative estimate of drug-likeness (QED) is 0.451. The lowest BCUT2D eigenvalue weighted by atomic mass is 10.2. The number of benzene rings is 2. The Kier molecular flexibility index (Phi) is 6.93. The van der Waals surface area contributed by atoms with Crippen LogP contribution >= 0.6 is 11.8 Å². The molecule has 1 atom stereocenters. The van der Waals surface area contributed by atoms with Crippen molar-refractivity contribution in [3.63, 3.8) is 0 Å². The molecular weight excluding hydrogens is 386 g/mol. The molecule has 0 spiro atoms. The van der Waals surface area contributed by atoms with E-state index in [1.165, 1.54) is 11.8 Å². The second-order valence-corrected chi connectivity index (χ2v) is 7.70. The Bertz CT molecular complexity index is 1060. The molecule has 0 aliphatic rings. The number of nitrogens with zero attached hydrogens (tertiary/aromatic N) is 2. The molecule has 29 heavy (non-hydrogen) atoms. The first-order valence-corrected chi connectivity index (χ1v) is 10.6. The normalized spacial score (nSPS) is 12.0. The van der Waals surface area contributed by atoms with Gasteiger partial charge in [-0.1, -0.05) is 43.0 Å². The number of amides is 1. The fourth-order valence-corrected chi connectivity index (χ4v) is 3.89. The van der Waals surface area contributed by atoms with Crippen molar-refractivity contribution in [1.29, 1.82) is 0 Å². The minimum atomic E-state index is -0.115. The van der Waals surface area contributed by atoms with E-state index < -0.39 is 0 Å². The van der Waals surface area contributed by atoms with E-state index in [1.807, 2.05) is 56.3 Å². The highest BCUT2D eigenvalue weighted by molar-refractivity contribution is 7.99. The molecule has 0 unspecified atom stereocenters. The lowest BCUT2D eigenvalue weighted by Gasteiger charge is -2.18. The molecule has 0 radical (unpaired) electrons. The molecular formula is C22H25N3O3S. The topological polar surface area (TPSA) is 73.2 Å². The first-order valence-electron chi connectivity index (χ1n) is 9.57. The van der Waals surface area contributed by atoms with E-state index in [-0.39, 0.29) is 23.3 Å². The summed E-state index contributed by atoms with van der Waals surface area (Å²) in [7, 11) is 1.61. The minimum absolute atomic E-state index is 0.00181. The number of aromatic nitrogens is 2. The van der Waals surface area contributed by atoms with Gasteiger partial charge in [0.15, 0.2) is 5.16 Å². The summed E-state index contributed by atoms with van der Waals surface area (Å²) in [6.45, 7) is 4.44. The van der Waals surface area contributed by atoms with Gasteiger partial charge in [0.05, 0.1) is 23.8 Å². The number of nitrogens with one attached hydrogen (secondary N) is 1. The lowest BCUT2D eigenvalue weighted by molar-refractivity contribution is -0.118. The molecule has 0 bridgehead atoms. The predicted molar refractivity (Wildman–Crippen MR) is 117 cm³/mol. The zero-order valence-electron chi connectivity index (χ0n) is 16.8. The zero-order chi connectivity index (χ0) is 20.8. The second-order valence-electron chi connectivity index (χ2n) is 6.76. The van der Waals surface area contributed by atoms with Gasteiger partial charge < -0.3 is 10.1 Å². The number of fused-ring (bicyclic) bond motifs is 1. The summed E-state index contributed by atoms with van der Waals surface area (Å²) in [5, 5.41) is 4.07. The van der Waals surface area contributed by atoms with E-state index in [0.717, 1.165) is 17.7 Å². The molecule has 152 valence electrons.